The molecule has 1 aliphatic rings. The van der Waals surface area contributed by atoms with Gasteiger partial charge in [0.25, 0.3) is 0 Å². The van der Waals surface area contributed by atoms with Crippen molar-refractivity contribution in [2.24, 2.45) is 0 Å². The molecule has 1 nitrogen and oxygen atoms in total. The van der Waals surface area contributed by atoms with Crippen molar-refractivity contribution in [2.45, 2.75) is 57.5 Å². The molecule has 2 rings (SSSR count). The fraction of sp³-hybridized carbons (Fsp3) is 0.600. The zero-order valence-electron chi connectivity index (χ0n) is 10.3. The largest absolute Gasteiger partial charge is 0.307 e. The molecule has 0 aromatic heterocycles. The molecule has 1 aliphatic heterocycles. The van der Waals surface area contributed by atoms with E-state index in [2.05, 4.69) is 42.6 Å². The quantitative estimate of drug-likeness (QED) is 0.802. The van der Waals surface area contributed by atoms with Crippen LogP contribution in [-0.2, 0) is 0 Å². The van der Waals surface area contributed by atoms with Gasteiger partial charge in [-0.15, -0.1) is 0 Å². The third-order valence-electron chi connectivity index (χ3n) is 3.59. The highest BCUT2D eigenvalue weighted by Gasteiger charge is 2.21. The Balaban J connectivity index is 1.91. The van der Waals surface area contributed by atoms with Gasteiger partial charge in [0.1, 0.15) is 0 Å². The first-order valence-corrected chi connectivity index (χ1v) is 6.71. The summed E-state index contributed by atoms with van der Waals surface area (Å²) in [5.41, 5.74) is 1.46. The zero-order valence-corrected chi connectivity index (χ0v) is 10.3. The Morgan fingerprint density at radius 2 is 2.00 bits per heavy atom. The lowest BCUT2D eigenvalue weighted by atomic mass is 9.91. The van der Waals surface area contributed by atoms with E-state index in [1.807, 2.05) is 0 Å². The minimum absolute atomic E-state index is 0.594. The molecule has 1 saturated heterocycles. The van der Waals surface area contributed by atoms with Gasteiger partial charge in [0.2, 0.25) is 0 Å². The van der Waals surface area contributed by atoms with Crippen LogP contribution in [0.4, 0.5) is 0 Å². The lowest BCUT2D eigenvalue weighted by Crippen LogP contribution is -2.36. The molecule has 0 aliphatic carbocycles. The Morgan fingerprint density at radius 1 is 1.19 bits per heavy atom. The second kappa shape index (κ2) is 6.05. The van der Waals surface area contributed by atoms with Crippen LogP contribution in [0.5, 0.6) is 0 Å². The van der Waals surface area contributed by atoms with Gasteiger partial charge in [-0.1, -0.05) is 56.5 Å². The van der Waals surface area contributed by atoms with Crippen molar-refractivity contribution in [3.63, 3.8) is 0 Å². The minimum atomic E-state index is 0.594. The van der Waals surface area contributed by atoms with E-state index >= 15 is 0 Å². The van der Waals surface area contributed by atoms with E-state index in [1.54, 1.807) is 0 Å². The van der Waals surface area contributed by atoms with Crippen LogP contribution in [0.15, 0.2) is 30.3 Å². The van der Waals surface area contributed by atoms with E-state index in [-0.39, 0.29) is 0 Å². The van der Waals surface area contributed by atoms with Crippen molar-refractivity contribution in [1.29, 1.82) is 0 Å². The molecule has 0 amide bonds. The molecule has 0 bridgehead atoms. The maximum atomic E-state index is 3.80. The van der Waals surface area contributed by atoms with Crippen LogP contribution in [0.25, 0.3) is 0 Å². The van der Waals surface area contributed by atoms with Gasteiger partial charge in [-0.05, 0) is 24.8 Å². The van der Waals surface area contributed by atoms with Crippen LogP contribution in [0, 0.1) is 0 Å². The van der Waals surface area contributed by atoms with Gasteiger partial charge in [0.05, 0.1) is 0 Å². The summed E-state index contributed by atoms with van der Waals surface area (Å²) in [5, 5.41) is 3.80. The summed E-state index contributed by atoms with van der Waals surface area (Å²) in [7, 11) is 0. The molecule has 1 aromatic rings. The van der Waals surface area contributed by atoms with Gasteiger partial charge in [0, 0.05) is 12.1 Å². The van der Waals surface area contributed by atoms with E-state index in [0.29, 0.717) is 6.04 Å². The molecule has 0 spiro atoms. The fourth-order valence-electron chi connectivity index (χ4n) is 2.65. The van der Waals surface area contributed by atoms with Crippen molar-refractivity contribution in [1.82, 2.24) is 5.32 Å². The molecule has 0 saturated carbocycles. The predicted octanol–water partition coefficient (Wildman–Crippen LogP) is 4.06. The molecule has 2 atom stereocenters. The first-order chi connectivity index (χ1) is 7.90. The molecular formula is C15H23N. The number of unbranched alkanes of at least 4 members (excludes halogenated alkanes) is 1. The van der Waals surface area contributed by atoms with E-state index in [0.717, 1.165) is 6.04 Å². The van der Waals surface area contributed by atoms with Gasteiger partial charge in [0.15, 0.2) is 0 Å². The Morgan fingerprint density at radius 3 is 2.75 bits per heavy atom. The number of benzene rings is 1. The second-order valence-electron chi connectivity index (χ2n) is 4.90. The summed E-state index contributed by atoms with van der Waals surface area (Å²) in [6, 6.07) is 12.2. The van der Waals surface area contributed by atoms with Crippen molar-refractivity contribution in [2.75, 3.05) is 0 Å². The van der Waals surface area contributed by atoms with E-state index < -0.39 is 0 Å². The van der Waals surface area contributed by atoms with Crippen LogP contribution in [0.2, 0.25) is 0 Å². The standard InChI is InChI=1S/C15H23N/c1-2-3-10-14-11-7-12-15(16-14)13-8-5-4-6-9-13/h4-6,8-9,14-16H,2-3,7,10-12H2,1H3. The lowest BCUT2D eigenvalue weighted by molar-refractivity contribution is 0.307. The monoisotopic (exact) mass is 217 g/mol. The summed E-state index contributed by atoms with van der Waals surface area (Å²) < 4.78 is 0. The number of rotatable bonds is 4. The topological polar surface area (TPSA) is 12.0 Å². The summed E-state index contributed by atoms with van der Waals surface area (Å²) in [6.07, 6.45) is 8.06. The molecule has 1 heterocycles. The third kappa shape index (κ3) is 3.08. The van der Waals surface area contributed by atoms with Gasteiger partial charge >= 0.3 is 0 Å². The number of hydrogen-bond acceptors (Lipinski definition) is 1. The molecule has 1 aromatic carbocycles. The summed E-state index contributed by atoms with van der Waals surface area (Å²) in [4.78, 5) is 0. The Labute approximate surface area is 99.3 Å². The first-order valence-electron chi connectivity index (χ1n) is 6.71. The normalized spacial score (nSPS) is 25.6. The predicted molar refractivity (Wildman–Crippen MR) is 69.5 cm³/mol. The second-order valence-corrected chi connectivity index (χ2v) is 4.90. The highest BCUT2D eigenvalue weighted by molar-refractivity contribution is 5.19. The summed E-state index contributed by atoms with van der Waals surface area (Å²) >= 11 is 0. The fourth-order valence-corrected chi connectivity index (χ4v) is 2.65. The maximum Gasteiger partial charge on any atom is 0.0322 e. The van der Waals surface area contributed by atoms with Crippen molar-refractivity contribution in [3.05, 3.63) is 35.9 Å². The van der Waals surface area contributed by atoms with Crippen LogP contribution >= 0.6 is 0 Å². The Kier molecular flexibility index (Phi) is 4.41. The molecule has 1 heteroatoms. The molecular weight excluding hydrogens is 194 g/mol. The average Bonchev–Trinajstić information content (AvgIpc) is 2.38. The molecule has 88 valence electrons. The molecule has 1 N–H and O–H groups in total. The third-order valence-corrected chi connectivity index (χ3v) is 3.59. The zero-order chi connectivity index (χ0) is 11.2. The summed E-state index contributed by atoms with van der Waals surface area (Å²) in [6.45, 7) is 2.28. The van der Waals surface area contributed by atoms with E-state index in [9.17, 15) is 0 Å². The highest BCUT2D eigenvalue weighted by atomic mass is 15.0. The lowest BCUT2D eigenvalue weighted by Gasteiger charge is -2.31. The van der Waals surface area contributed by atoms with Crippen molar-refractivity contribution >= 4 is 0 Å². The van der Waals surface area contributed by atoms with Gasteiger partial charge < -0.3 is 5.32 Å². The first kappa shape index (κ1) is 11.7. The van der Waals surface area contributed by atoms with Crippen molar-refractivity contribution in [3.8, 4) is 0 Å². The van der Waals surface area contributed by atoms with Gasteiger partial charge in [-0.25, -0.2) is 0 Å². The smallest absolute Gasteiger partial charge is 0.0322 e. The molecule has 0 radical (unpaired) electrons. The Hall–Kier alpha value is -0.820. The molecule has 1 fully saturated rings. The molecule has 16 heavy (non-hydrogen) atoms. The summed E-state index contributed by atoms with van der Waals surface area (Å²) in [5.74, 6) is 0. The number of piperidine rings is 1. The van der Waals surface area contributed by atoms with Crippen LogP contribution < -0.4 is 5.32 Å². The van der Waals surface area contributed by atoms with E-state index in [1.165, 1.54) is 44.1 Å². The van der Waals surface area contributed by atoms with Crippen LogP contribution in [0.1, 0.15) is 57.1 Å². The van der Waals surface area contributed by atoms with Gasteiger partial charge in [-0.3, -0.25) is 0 Å². The van der Waals surface area contributed by atoms with Crippen LogP contribution in [-0.4, -0.2) is 6.04 Å². The average molecular weight is 217 g/mol. The highest BCUT2D eigenvalue weighted by Crippen LogP contribution is 2.26. The Bertz CT molecular complexity index is 294. The maximum absolute atomic E-state index is 3.80. The van der Waals surface area contributed by atoms with Crippen molar-refractivity contribution < 1.29 is 0 Å². The molecule has 2 unspecified atom stereocenters. The minimum Gasteiger partial charge on any atom is -0.307 e. The van der Waals surface area contributed by atoms with Gasteiger partial charge in [-0.2, -0.15) is 0 Å². The van der Waals surface area contributed by atoms with E-state index in [4.69, 9.17) is 0 Å². The number of hydrogen-bond donors (Lipinski definition) is 1. The number of nitrogens with one attached hydrogen (secondary N) is 1. The SMILES string of the molecule is CCCCC1CCCC(c2ccccc2)N1. The van der Waals surface area contributed by atoms with Crippen LogP contribution in [0.3, 0.4) is 0 Å².